The molecule has 0 aromatic heterocycles. The van der Waals surface area contributed by atoms with Gasteiger partial charge in [0.15, 0.2) is 0 Å². The molecule has 1 fully saturated rings. The van der Waals surface area contributed by atoms with Crippen LogP contribution in [-0.4, -0.2) is 23.5 Å². The van der Waals surface area contributed by atoms with Crippen molar-refractivity contribution in [3.05, 3.63) is 27.7 Å². The first-order valence-corrected chi connectivity index (χ1v) is 6.39. The van der Waals surface area contributed by atoms with E-state index >= 15 is 0 Å². The molecule has 0 spiro atoms. The van der Waals surface area contributed by atoms with Gasteiger partial charge in [0.1, 0.15) is 0 Å². The van der Waals surface area contributed by atoms with Gasteiger partial charge in [0.2, 0.25) is 5.91 Å². The van der Waals surface area contributed by atoms with Crippen molar-refractivity contribution in [2.75, 3.05) is 11.9 Å². The van der Waals surface area contributed by atoms with Crippen LogP contribution in [0.1, 0.15) is 23.2 Å². The molecule has 0 unspecified atom stereocenters. The molecule has 2 rings (SSSR count). The van der Waals surface area contributed by atoms with Gasteiger partial charge in [-0.15, -0.1) is 0 Å². The second kappa shape index (κ2) is 5.00. The Morgan fingerprint density at radius 1 is 1.32 bits per heavy atom. The molecule has 1 aromatic carbocycles. The molecule has 0 radical (unpaired) electrons. The van der Waals surface area contributed by atoms with Crippen LogP contribution in [-0.2, 0) is 4.79 Å². The lowest BCUT2D eigenvalue weighted by Gasteiger charge is -2.15. The number of hydrogen-bond donors (Lipinski definition) is 3. The summed E-state index contributed by atoms with van der Waals surface area (Å²) in [6, 6.07) is 2.49. The third-order valence-electron chi connectivity index (χ3n) is 3.25. The fraction of sp³-hybridized carbons (Fsp3) is 0.333. The van der Waals surface area contributed by atoms with Crippen LogP contribution in [0, 0.1) is 5.41 Å². The summed E-state index contributed by atoms with van der Waals surface area (Å²) in [7, 11) is 0. The van der Waals surface area contributed by atoms with Crippen molar-refractivity contribution in [1.82, 2.24) is 0 Å². The highest BCUT2D eigenvalue weighted by Gasteiger charge is 2.48. The van der Waals surface area contributed by atoms with Gasteiger partial charge in [0.05, 0.1) is 26.7 Å². The van der Waals surface area contributed by atoms with E-state index in [1.807, 2.05) is 0 Å². The van der Waals surface area contributed by atoms with Gasteiger partial charge in [-0.25, -0.2) is 4.79 Å². The molecule has 102 valence electrons. The molecule has 1 aromatic rings. The quantitative estimate of drug-likeness (QED) is 0.796. The van der Waals surface area contributed by atoms with Gasteiger partial charge in [0, 0.05) is 6.54 Å². The van der Waals surface area contributed by atoms with E-state index in [0.717, 1.165) is 12.8 Å². The number of amides is 1. The number of anilines is 1. The normalized spacial score (nSPS) is 15.9. The first-order valence-electron chi connectivity index (χ1n) is 5.63. The van der Waals surface area contributed by atoms with Gasteiger partial charge in [-0.3, -0.25) is 4.79 Å². The van der Waals surface area contributed by atoms with E-state index in [1.54, 1.807) is 0 Å². The van der Waals surface area contributed by atoms with Crippen LogP contribution >= 0.6 is 23.2 Å². The fourth-order valence-electron chi connectivity index (χ4n) is 1.74. The monoisotopic (exact) mass is 302 g/mol. The Balaban J connectivity index is 2.26. The Kier molecular flexibility index (Phi) is 3.71. The van der Waals surface area contributed by atoms with Crippen molar-refractivity contribution in [2.45, 2.75) is 12.8 Å². The Morgan fingerprint density at radius 3 is 2.21 bits per heavy atom. The Morgan fingerprint density at radius 2 is 1.84 bits per heavy atom. The van der Waals surface area contributed by atoms with E-state index in [4.69, 9.17) is 34.0 Å². The smallest absolute Gasteiger partial charge is 0.335 e. The second-order valence-electron chi connectivity index (χ2n) is 4.56. The van der Waals surface area contributed by atoms with Crippen LogP contribution < -0.4 is 11.1 Å². The number of carbonyl (C=O) groups is 2. The molecule has 0 heterocycles. The van der Waals surface area contributed by atoms with Gasteiger partial charge in [0.25, 0.3) is 0 Å². The van der Waals surface area contributed by atoms with Crippen molar-refractivity contribution in [3.63, 3.8) is 0 Å². The molecule has 0 bridgehead atoms. The largest absolute Gasteiger partial charge is 0.478 e. The van der Waals surface area contributed by atoms with E-state index < -0.39 is 11.4 Å². The third-order valence-corrected chi connectivity index (χ3v) is 3.85. The predicted octanol–water partition coefficient (Wildman–Crippen LogP) is 2.37. The number of nitrogens with one attached hydrogen (secondary N) is 1. The summed E-state index contributed by atoms with van der Waals surface area (Å²) < 4.78 is 0. The first kappa shape index (κ1) is 14.1. The number of carboxylic acid groups (broad SMARTS) is 1. The summed E-state index contributed by atoms with van der Waals surface area (Å²) >= 11 is 11.9. The zero-order chi connectivity index (χ0) is 14.2. The zero-order valence-corrected chi connectivity index (χ0v) is 11.4. The summed E-state index contributed by atoms with van der Waals surface area (Å²) in [5, 5.41) is 11.7. The van der Waals surface area contributed by atoms with Crippen molar-refractivity contribution < 1.29 is 14.7 Å². The number of carboxylic acids is 1. The van der Waals surface area contributed by atoms with Gasteiger partial charge in [-0.2, -0.15) is 0 Å². The number of carbonyl (C=O) groups excluding carboxylic acids is 1. The van der Waals surface area contributed by atoms with E-state index in [1.165, 1.54) is 12.1 Å². The third kappa shape index (κ3) is 2.68. The van der Waals surface area contributed by atoms with E-state index in [-0.39, 0.29) is 33.7 Å². The molecular formula is C12H12Cl2N2O3. The molecule has 1 saturated carbocycles. The minimum atomic E-state index is -1.14. The van der Waals surface area contributed by atoms with Crippen molar-refractivity contribution >= 4 is 40.8 Å². The molecule has 5 nitrogen and oxygen atoms in total. The van der Waals surface area contributed by atoms with Crippen LogP contribution in [0.15, 0.2) is 12.1 Å². The maximum Gasteiger partial charge on any atom is 0.335 e. The molecular weight excluding hydrogens is 291 g/mol. The SMILES string of the molecule is NCC1(C(=O)Nc2c(Cl)cc(C(=O)O)cc2Cl)CC1. The van der Waals surface area contributed by atoms with E-state index in [9.17, 15) is 9.59 Å². The standard InChI is InChI=1S/C12H12Cl2N2O3/c13-7-3-6(10(17)18)4-8(14)9(7)16-11(19)12(5-15)1-2-12/h3-4H,1-2,5,15H2,(H,16,19)(H,17,18). The highest BCUT2D eigenvalue weighted by molar-refractivity contribution is 6.40. The maximum absolute atomic E-state index is 12.0. The summed E-state index contributed by atoms with van der Waals surface area (Å²) in [6.45, 7) is 0.265. The molecule has 4 N–H and O–H groups in total. The Labute approximate surface area is 119 Å². The van der Waals surface area contributed by atoms with E-state index in [0.29, 0.717) is 0 Å². The van der Waals surface area contributed by atoms with Gasteiger partial charge >= 0.3 is 5.97 Å². The molecule has 0 aliphatic heterocycles. The summed E-state index contributed by atoms with van der Waals surface area (Å²) in [4.78, 5) is 22.9. The topological polar surface area (TPSA) is 92.4 Å². The minimum Gasteiger partial charge on any atom is -0.478 e. The first-order chi connectivity index (χ1) is 8.89. The fourth-order valence-corrected chi connectivity index (χ4v) is 2.32. The second-order valence-corrected chi connectivity index (χ2v) is 5.37. The number of halogens is 2. The molecule has 1 amide bonds. The van der Waals surface area contributed by atoms with Gasteiger partial charge in [-0.05, 0) is 25.0 Å². The lowest BCUT2D eigenvalue weighted by atomic mass is 10.1. The summed E-state index contributed by atoms with van der Waals surface area (Å²) in [6.07, 6.45) is 1.47. The van der Waals surface area contributed by atoms with Crippen LogP contribution in [0.4, 0.5) is 5.69 Å². The number of benzene rings is 1. The number of aromatic carboxylic acids is 1. The number of hydrogen-bond acceptors (Lipinski definition) is 3. The zero-order valence-electron chi connectivity index (χ0n) is 9.87. The Hall–Kier alpha value is -1.30. The summed E-state index contributed by atoms with van der Waals surface area (Å²) in [5.74, 6) is -1.37. The van der Waals surface area contributed by atoms with Crippen molar-refractivity contribution in [2.24, 2.45) is 11.1 Å². The average molecular weight is 303 g/mol. The number of nitrogens with two attached hydrogens (primary N) is 1. The lowest BCUT2D eigenvalue weighted by molar-refractivity contribution is -0.120. The van der Waals surface area contributed by atoms with Crippen LogP contribution in [0.3, 0.4) is 0 Å². The summed E-state index contributed by atoms with van der Waals surface area (Å²) in [5.41, 5.74) is 5.22. The lowest BCUT2D eigenvalue weighted by Crippen LogP contribution is -2.31. The van der Waals surface area contributed by atoms with Crippen LogP contribution in [0.2, 0.25) is 10.0 Å². The molecule has 0 atom stereocenters. The van der Waals surface area contributed by atoms with Crippen molar-refractivity contribution in [1.29, 1.82) is 0 Å². The average Bonchev–Trinajstić information content (AvgIpc) is 3.14. The van der Waals surface area contributed by atoms with Gasteiger partial charge < -0.3 is 16.2 Å². The van der Waals surface area contributed by atoms with E-state index in [2.05, 4.69) is 5.32 Å². The molecule has 1 aliphatic rings. The van der Waals surface area contributed by atoms with Gasteiger partial charge in [-0.1, -0.05) is 23.2 Å². The van der Waals surface area contributed by atoms with Crippen LogP contribution in [0.25, 0.3) is 0 Å². The Bertz CT molecular complexity index is 533. The minimum absolute atomic E-state index is 0.0343. The molecule has 19 heavy (non-hydrogen) atoms. The highest BCUT2D eigenvalue weighted by atomic mass is 35.5. The number of rotatable bonds is 4. The molecule has 1 aliphatic carbocycles. The molecule has 0 saturated heterocycles. The van der Waals surface area contributed by atoms with Crippen molar-refractivity contribution in [3.8, 4) is 0 Å². The highest BCUT2D eigenvalue weighted by Crippen LogP contribution is 2.46. The maximum atomic E-state index is 12.0. The van der Waals surface area contributed by atoms with Crippen LogP contribution in [0.5, 0.6) is 0 Å². The molecule has 7 heteroatoms. The predicted molar refractivity (Wildman–Crippen MR) is 72.8 cm³/mol.